The molecule has 0 N–H and O–H groups in total. The summed E-state index contributed by atoms with van der Waals surface area (Å²) in [5.74, 6) is -0.0904. The van der Waals surface area contributed by atoms with Crippen LogP contribution in [0.1, 0.15) is 20.8 Å². The smallest absolute Gasteiger partial charge is 0.261 e. The van der Waals surface area contributed by atoms with Crippen LogP contribution in [0.2, 0.25) is 0 Å². The van der Waals surface area contributed by atoms with E-state index >= 15 is 0 Å². The number of benzene rings is 1. The number of nitrogens with zero attached hydrogens (tertiary/aromatic N) is 3. The average Bonchev–Trinajstić information content (AvgIpc) is 2.48. The van der Waals surface area contributed by atoms with Gasteiger partial charge in [0, 0.05) is 13.1 Å². The molecule has 0 bridgehead atoms. The molecule has 1 aromatic carbocycles. The lowest BCUT2D eigenvalue weighted by molar-refractivity contribution is -0.158. The van der Waals surface area contributed by atoms with Gasteiger partial charge in [0.1, 0.15) is 6.54 Å². The monoisotopic (exact) mass is 315 g/mol. The number of hydrogen-bond donors (Lipinski definition) is 0. The zero-order valence-corrected chi connectivity index (χ0v) is 13.7. The third-order valence-corrected chi connectivity index (χ3v) is 3.96. The number of hydrogen-bond acceptors (Lipinski definition) is 4. The van der Waals surface area contributed by atoms with Crippen LogP contribution in [0.4, 0.5) is 0 Å². The Labute approximate surface area is 134 Å². The van der Waals surface area contributed by atoms with Crippen LogP contribution >= 0.6 is 0 Å². The third-order valence-electron chi connectivity index (χ3n) is 3.96. The normalized spacial score (nSPS) is 20.7. The molecule has 1 aliphatic rings. The highest BCUT2D eigenvalue weighted by Gasteiger charge is 2.33. The topological polar surface area (TPSA) is 64.4 Å². The highest BCUT2D eigenvalue weighted by Crippen LogP contribution is 2.20. The van der Waals surface area contributed by atoms with Gasteiger partial charge in [-0.3, -0.25) is 14.2 Å². The lowest BCUT2D eigenvalue weighted by atomic mass is 10.1. The Bertz CT molecular complexity index is 797. The highest BCUT2D eigenvalue weighted by atomic mass is 16.5. The van der Waals surface area contributed by atoms with Gasteiger partial charge < -0.3 is 9.64 Å². The Morgan fingerprint density at radius 1 is 1.39 bits per heavy atom. The van der Waals surface area contributed by atoms with Crippen LogP contribution in [0.15, 0.2) is 35.4 Å². The molecule has 0 aliphatic carbocycles. The van der Waals surface area contributed by atoms with Crippen molar-refractivity contribution in [2.75, 3.05) is 13.1 Å². The molecule has 1 unspecified atom stereocenters. The van der Waals surface area contributed by atoms with Crippen LogP contribution in [0.3, 0.4) is 0 Å². The molecule has 1 atom stereocenters. The molecule has 6 nitrogen and oxygen atoms in total. The zero-order valence-electron chi connectivity index (χ0n) is 13.7. The summed E-state index contributed by atoms with van der Waals surface area (Å²) in [6.45, 7) is 6.94. The number of aromatic nitrogens is 2. The zero-order chi connectivity index (χ0) is 16.6. The van der Waals surface area contributed by atoms with E-state index in [2.05, 4.69) is 4.98 Å². The van der Waals surface area contributed by atoms with E-state index in [9.17, 15) is 9.59 Å². The number of morpholine rings is 1. The Morgan fingerprint density at radius 2 is 2.13 bits per heavy atom. The summed E-state index contributed by atoms with van der Waals surface area (Å²) in [4.78, 5) is 31.0. The van der Waals surface area contributed by atoms with Gasteiger partial charge >= 0.3 is 0 Å². The molecule has 0 radical (unpaired) electrons. The molecule has 1 amide bonds. The second kappa shape index (κ2) is 5.77. The van der Waals surface area contributed by atoms with Gasteiger partial charge in [0.15, 0.2) is 0 Å². The fourth-order valence-electron chi connectivity index (χ4n) is 3.11. The summed E-state index contributed by atoms with van der Waals surface area (Å²) in [7, 11) is 0. The number of rotatable bonds is 2. The SMILES string of the molecule is CC1CN(C(=O)Cn2cnc3ccccc3c2=O)CC(C)(C)O1. The molecule has 2 heterocycles. The Balaban J connectivity index is 1.83. The highest BCUT2D eigenvalue weighted by molar-refractivity contribution is 5.79. The molecule has 1 aromatic heterocycles. The van der Waals surface area contributed by atoms with Gasteiger partial charge in [-0.15, -0.1) is 0 Å². The maximum absolute atomic E-state index is 12.6. The second-order valence-corrected chi connectivity index (χ2v) is 6.66. The van der Waals surface area contributed by atoms with E-state index in [-0.39, 0.29) is 29.7 Å². The quantitative estimate of drug-likeness (QED) is 0.841. The summed E-state index contributed by atoms with van der Waals surface area (Å²) in [6.07, 6.45) is 1.42. The van der Waals surface area contributed by atoms with Crippen LogP contribution < -0.4 is 5.56 Å². The van der Waals surface area contributed by atoms with Gasteiger partial charge in [0.25, 0.3) is 5.56 Å². The Morgan fingerprint density at radius 3 is 2.87 bits per heavy atom. The first-order valence-corrected chi connectivity index (χ1v) is 7.75. The van der Waals surface area contributed by atoms with Crippen LogP contribution in [0.25, 0.3) is 10.9 Å². The fourth-order valence-corrected chi connectivity index (χ4v) is 3.11. The van der Waals surface area contributed by atoms with E-state index in [0.29, 0.717) is 24.0 Å². The van der Waals surface area contributed by atoms with Crippen LogP contribution in [0, 0.1) is 0 Å². The largest absolute Gasteiger partial charge is 0.369 e. The first-order valence-electron chi connectivity index (χ1n) is 7.75. The molecule has 0 spiro atoms. The van der Waals surface area contributed by atoms with Gasteiger partial charge in [0.2, 0.25) is 5.91 Å². The first-order chi connectivity index (χ1) is 10.9. The summed E-state index contributed by atoms with van der Waals surface area (Å²) < 4.78 is 7.18. The van der Waals surface area contributed by atoms with Crippen molar-refractivity contribution in [2.45, 2.75) is 39.0 Å². The van der Waals surface area contributed by atoms with Crippen molar-refractivity contribution < 1.29 is 9.53 Å². The van der Waals surface area contributed by atoms with E-state index in [1.165, 1.54) is 10.9 Å². The summed E-state index contributed by atoms with van der Waals surface area (Å²) in [5, 5.41) is 0.526. The maximum Gasteiger partial charge on any atom is 0.261 e. The van der Waals surface area contributed by atoms with Gasteiger partial charge in [-0.05, 0) is 32.9 Å². The number of amides is 1. The predicted molar refractivity (Wildman–Crippen MR) is 87.2 cm³/mol. The number of para-hydroxylation sites is 1. The number of carbonyl (C=O) groups is 1. The molecule has 0 saturated carbocycles. The number of fused-ring (bicyclic) bond motifs is 1. The second-order valence-electron chi connectivity index (χ2n) is 6.66. The van der Waals surface area contributed by atoms with Gasteiger partial charge in [-0.25, -0.2) is 4.98 Å². The van der Waals surface area contributed by atoms with Crippen molar-refractivity contribution in [1.29, 1.82) is 0 Å². The van der Waals surface area contributed by atoms with Crippen LogP contribution in [-0.2, 0) is 16.1 Å². The van der Waals surface area contributed by atoms with E-state index < -0.39 is 0 Å². The summed E-state index contributed by atoms with van der Waals surface area (Å²) >= 11 is 0. The molecular weight excluding hydrogens is 294 g/mol. The number of ether oxygens (including phenoxy) is 1. The molecule has 2 aromatic rings. The van der Waals surface area contributed by atoms with Crippen LogP contribution in [-0.4, -0.2) is 45.2 Å². The van der Waals surface area contributed by atoms with Crippen molar-refractivity contribution in [1.82, 2.24) is 14.5 Å². The van der Waals surface area contributed by atoms with Crippen molar-refractivity contribution in [3.05, 3.63) is 40.9 Å². The average molecular weight is 315 g/mol. The van der Waals surface area contributed by atoms with Gasteiger partial charge in [0.05, 0.1) is 28.9 Å². The van der Waals surface area contributed by atoms with Gasteiger partial charge in [-0.2, -0.15) is 0 Å². The summed E-state index contributed by atoms with van der Waals surface area (Å²) in [6, 6.07) is 7.14. The minimum atomic E-state index is -0.375. The van der Waals surface area contributed by atoms with Gasteiger partial charge in [-0.1, -0.05) is 12.1 Å². The lowest BCUT2D eigenvalue weighted by Gasteiger charge is -2.41. The fraction of sp³-hybridized carbons (Fsp3) is 0.471. The molecule has 23 heavy (non-hydrogen) atoms. The van der Waals surface area contributed by atoms with E-state index in [4.69, 9.17) is 4.74 Å². The molecule has 3 rings (SSSR count). The van der Waals surface area contributed by atoms with E-state index in [0.717, 1.165) is 0 Å². The lowest BCUT2D eigenvalue weighted by Crippen LogP contribution is -2.54. The van der Waals surface area contributed by atoms with Crippen molar-refractivity contribution in [3.63, 3.8) is 0 Å². The molecule has 6 heteroatoms. The molecule has 1 saturated heterocycles. The minimum absolute atomic E-state index is 0.000528. The molecular formula is C17H21N3O3. The van der Waals surface area contributed by atoms with E-state index in [1.54, 1.807) is 23.1 Å². The Kier molecular flexibility index (Phi) is 3.93. The Hall–Kier alpha value is -2.21. The minimum Gasteiger partial charge on any atom is -0.369 e. The third kappa shape index (κ3) is 3.27. The van der Waals surface area contributed by atoms with Crippen molar-refractivity contribution >= 4 is 16.8 Å². The maximum atomic E-state index is 12.6. The standard InChI is InChI=1S/C17H21N3O3/c1-12-8-19(10-17(2,3)23-12)15(21)9-20-11-18-14-7-5-4-6-13(14)16(20)22/h4-7,11-12H,8-10H2,1-3H3. The predicted octanol–water partition coefficient (Wildman–Crippen LogP) is 1.42. The first kappa shape index (κ1) is 15.7. The van der Waals surface area contributed by atoms with Crippen molar-refractivity contribution in [2.24, 2.45) is 0 Å². The van der Waals surface area contributed by atoms with Crippen LogP contribution in [0.5, 0.6) is 0 Å². The molecule has 1 fully saturated rings. The van der Waals surface area contributed by atoms with E-state index in [1.807, 2.05) is 26.8 Å². The van der Waals surface area contributed by atoms with Crippen molar-refractivity contribution in [3.8, 4) is 0 Å². The molecule has 1 aliphatic heterocycles. The number of carbonyl (C=O) groups excluding carboxylic acids is 1. The summed E-state index contributed by atoms with van der Waals surface area (Å²) in [5.41, 5.74) is 0.0757. The molecule has 122 valence electrons.